The molecule has 0 saturated carbocycles. The van der Waals surface area contributed by atoms with E-state index in [0.29, 0.717) is 5.69 Å². The molecule has 1 N–H and O–H groups in total. The topological polar surface area (TPSA) is 55.1 Å². The monoisotopic (exact) mass is 238 g/mol. The number of aromatic nitrogens is 1. The third-order valence-corrected chi connectivity index (χ3v) is 2.03. The van der Waals surface area contributed by atoms with Gasteiger partial charge in [-0.05, 0) is 19.1 Å². The summed E-state index contributed by atoms with van der Waals surface area (Å²) in [5.74, 6) is -2.57. The number of hydrogen-bond acceptors (Lipinski definition) is 3. The normalized spacial score (nSPS) is 10.3. The fourth-order valence-electron chi connectivity index (χ4n) is 1.24. The summed E-state index contributed by atoms with van der Waals surface area (Å²) >= 11 is 0. The Morgan fingerprint density at radius 3 is 2.65 bits per heavy atom. The second-order valence-corrected chi connectivity index (χ2v) is 3.42. The number of benzene rings is 1. The standard InChI is InChI=1S/C11H8F2N2O2/c1-6-4-10(17-15-6)11(16)14-7-2-3-8(12)9(13)5-7/h2-5H,1H3,(H,14,16). The summed E-state index contributed by atoms with van der Waals surface area (Å²) in [6.07, 6.45) is 0. The van der Waals surface area contributed by atoms with Gasteiger partial charge < -0.3 is 9.84 Å². The van der Waals surface area contributed by atoms with Crippen LogP contribution in [0.1, 0.15) is 16.2 Å². The summed E-state index contributed by atoms with van der Waals surface area (Å²) in [5.41, 5.74) is 0.698. The predicted octanol–water partition coefficient (Wildman–Crippen LogP) is 2.51. The molecule has 0 saturated heterocycles. The van der Waals surface area contributed by atoms with Gasteiger partial charge in [0.15, 0.2) is 11.6 Å². The zero-order valence-electron chi connectivity index (χ0n) is 8.83. The number of carbonyl (C=O) groups is 1. The van der Waals surface area contributed by atoms with Crippen molar-refractivity contribution in [3.8, 4) is 0 Å². The molecule has 17 heavy (non-hydrogen) atoms. The lowest BCUT2D eigenvalue weighted by Gasteiger charge is -2.02. The Balaban J connectivity index is 2.15. The van der Waals surface area contributed by atoms with Crippen molar-refractivity contribution in [2.24, 2.45) is 0 Å². The van der Waals surface area contributed by atoms with Gasteiger partial charge in [0.25, 0.3) is 5.91 Å². The average Bonchev–Trinajstić information content (AvgIpc) is 2.70. The van der Waals surface area contributed by atoms with Crippen LogP contribution in [-0.2, 0) is 0 Å². The van der Waals surface area contributed by atoms with Gasteiger partial charge in [0, 0.05) is 17.8 Å². The Bertz CT molecular complexity index is 566. The largest absolute Gasteiger partial charge is 0.351 e. The lowest BCUT2D eigenvalue weighted by Crippen LogP contribution is -2.11. The van der Waals surface area contributed by atoms with Gasteiger partial charge in [-0.1, -0.05) is 5.16 Å². The van der Waals surface area contributed by atoms with Crippen LogP contribution in [-0.4, -0.2) is 11.1 Å². The molecule has 0 aliphatic carbocycles. The maximum Gasteiger partial charge on any atom is 0.294 e. The van der Waals surface area contributed by atoms with Gasteiger partial charge in [-0.2, -0.15) is 0 Å². The zero-order chi connectivity index (χ0) is 12.4. The molecule has 0 atom stereocenters. The van der Waals surface area contributed by atoms with Gasteiger partial charge in [-0.3, -0.25) is 4.79 Å². The summed E-state index contributed by atoms with van der Waals surface area (Å²) < 4.78 is 30.2. The third kappa shape index (κ3) is 2.47. The summed E-state index contributed by atoms with van der Waals surface area (Å²) in [6, 6.07) is 4.50. The Morgan fingerprint density at radius 1 is 1.29 bits per heavy atom. The maximum atomic E-state index is 12.9. The first-order valence-corrected chi connectivity index (χ1v) is 4.76. The number of aryl methyl sites for hydroxylation is 1. The van der Waals surface area contributed by atoms with Crippen molar-refractivity contribution < 1.29 is 18.1 Å². The number of hydrogen-bond donors (Lipinski definition) is 1. The van der Waals surface area contributed by atoms with E-state index in [2.05, 4.69) is 10.5 Å². The second-order valence-electron chi connectivity index (χ2n) is 3.42. The van der Waals surface area contributed by atoms with E-state index >= 15 is 0 Å². The molecule has 0 fully saturated rings. The van der Waals surface area contributed by atoms with Crippen molar-refractivity contribution in [1.29, 1.82) is 0 Å². The Labute approximate surface area is 95.2 Å². The molecule has 88 valence electrons. The molecule has 0 spiro atoms. The Hall–Kier alpha value is -2.24. The molecule has 0 aliphatic heterocycles. The van der Waals surface area contributed by atoms with Gasteiger partial charge in [-0.25, -0.2) is 8.78 Å². The van der Waals surface area contributed by atoms with E-state index in [1.54, 1.807) is 6.92 Å². The Kier molecular flexibility index (Phi) is 2.86. The molecule has 0 radical (unpaired) electrons. The minimum atomic E-state index is -1.03. The van der Waals surface area contributed by atoms with Gasteiger partial charge >= 0.3 is 0 Å². The summed E-state index contributed by atoms with van der Waals surface area (Å²) in [4.78, 5) is 11.6. The first-order valence-electron chi connectivity index (χ1n) is 4.76. The smallest absolute Gasteiger partial charge is 0.294 e. The van der Waals surface area contributed by atoms with Crippen LogP contribution in [0.15, 0.2) is 28.8 Å². The number of nitrogens with zero attached hydrogens (tertiary/aromatic N) is 1. The molecule has 0 bridgehead atoms. The van der Waals surface area contributed by atoms with Gasteiger partial charge in [0.1, 0.15) is 0 Å². The molecule has 2 rings (SSSR count). The maximum absolute atomic E-state index is 12.9. The molecule has 1 heterocycles. The minimum Gasteiger partial charge on any atom is -0.351 e. The van der Waals surface area contributed by atoms with Crippen LogP contribution in [0.25, 0.3) is 0 Å². The van der Waals surface area contributed by atoms with E-state index in [9.17, 15) is 13.6 Å². The fourth-order valence-corrected chi connectivity index (χ4v) is 1.24. The minimum absolute atomic E-state index is 0.00670. The van der Waals surface area contributed by atoms with Gasteiger partial charge in [0.2, 0.25) is 5.76 Å². The lowest BCUT2D eigenvalue weighted by atomic mass is 10.3. The molecule has 1 aromatic heterocycles. The zero-order valence-corrected chi connectivity index (χ0v) is 8.83. The highest BCUT2D eigenvalue weighted by atomic mass is 19.2. The SMILES string of the molecule is Cc1cc(C(=O)Nc2ccc(F)c(F)c2)on1. The molecule has 1 amide bonds. The van der Waals surface area contributed by atoms with Crippen molar-refractivity contribution in [2.45, 2.75) is 6.92 Å². The highest BCUT2D eigenvalue weighted by molar-refractivity contribution is 6.02. The molecule has 0 unspecified atom stereocenters. The van der Waals surface area contributed by atoms with Gasteiger partial charge in [-0.15, -0.1) is 0 Å². The predicted molar refractivity (Wildman–Crippen MR) is 55.6 cm³/mol. The van der Waals surface area contributed by atoms with E-state index in [4.69, 9.17) is 4.52 Å². The molecule has 2 aromatic rings. The van der Waals surface area contributed by atoms with Crippen molar-refractivity contribution in [3.05, 3.63) is 47.4 Å². The van der Waals surface area contributed by atoms with E-state index in [1.165, 1.54) is 12.1 Å². The van der Waals surface area contributed by atoms with Crippen LogP contribution in [0.4, 0.5) is 14.5 Å². The molecular weight excluding hydrogens is 230 g/mol. The molecule has 1 aromatic carbocycles. The average molecular weight is 238 g/mol. The fraction of sp³-hybridized carbons (Fsp3) is 0.0909. The van der Waals surface area contributed by atoms with Crippen molar-refractivity contribution >= 4 is 11.6 Å². The number of amides is 1. The summed E-state index contributed by atoms with van der Waals surface area (Å²) in [7, 11) is 0. The number of halogens is 2. The van der Waals surface area contributed by atoms with Crippen LogP contribution in [0.5, 0.6) is 0 Å². The highest BCUT2D eigenvalue weighted by Crippen LogP contribution is 2.14. The number of rotatable bonds is 2. The van der Waals surface area contributed by atoms with Crippen LogP contribution in [0.3, 0.4) is 0 Å². The van der Waals surface area contributed by atoms with Crippen molar-refractivity contribution in [3.63, 3.8) is 0 Å². The van der Waals surface area contributed by atoms with Crippen LogP contribution in [0.2, 0.25) is 0 Å². The molecular formula is C11H8F2N2O2. The van der Waals surface area contributed by atoms with Crippen molar-refractivity contribution in [1.82, 2.24) is 5.16 Å². The molecule has 0 aliphatic rings. The number of carbonyl (C=O) groups excluding carboxylic acids is 1. The Morgan fingerprint density at radius 2 is 2.06 bits per heavy atom. The quantitative estimate of drug-likeness (QED) is 0.874. The van der Waals surface area contributed by atoms with Crippen LogP contribution in [0, 0.1) is 18.6 Å². The summed E-state index contributed by atoms with van der Waals surface area (Å²) in [5, 5.41) is 5.90. The van der Waals surface area contributed by atoms with Gasteiger partial charge in [0.05, 0.1) is 5.69 Å². The first kappa shape index (κ1) is 11.3. The van der Waals surface area contributed by atoms with E-state index < -0.39 is 17.5 Å². The van der Waals surface area contributed by atoms with Crippen LogP contribution >= 0.6 is 0 Å². The van der Waals surface area contributed by atoms with Crippen molar-refractivity contribution in [2.75, 3.05) is 5.32 Å². The lowest BCUT2D eigenvalue weighted by molar-refractivity contribution is 0.0988. The number of nitrogens with one attached hydrogen (secondary N) is 1. The first-order chi connectivity index (χ1) is 8.06. The van der Waals surface area contributed by atoms with E-state index in [0.717, 1.165) is 12.1 Å². The van der Waals surface area contributed by atoms with E-state index in [-0.39, 0.29) is 11.4 Å². The third-order valence-electron chi connectivity index (χ3n) is 2.03. The molecule has 4 nitrogen and oxygen atoms in total. The van der Waals surface area contributed by atoms with Crippen LogP contribution < -0.4 is 5.32 Å². The number of anilines is 1. The molecule has 6 heteroatoms. The van der Waals surface area contributed by atoms with E-state index in [1.807, 2.05) is 0 Å². The summed E-state index contributed by atoms with van der Waals surface area (Å²) in [6.45, 7) is 1.66. The highest BCUT2D eigenvalue weighted by Gasteiger charge is 2.12. The second kappa shape index (κ2) is 4.32.